The number of fused-ring (bicyclic) bond motifs is 1. The highest BCUT2D eigenvalue weighted by Crippen LogP contribution is 2.24. The predicted octanol–water partition coefficient (Wildman–Crippen LogP) is 2.71. The lowest BCUT2D eigenvalue weighted by Crippen LogP contribution is -2.31. The maximum absolute atomic E-state index is 12.6. The van der Waals surface area contributed by atoms with Gasteiger partial charge in [-0.2, -0.15) is 0 Å². The van der Waals surface area contributed by atoms with Crippen molar-refractivity contribution in [1.29, 1.82) is 0 Å². The first-order chi connectivity index (χ1) is 12.6. The molecule has 1 aliphatic rings. The van der Waals surface area contributed by atoms with Crippen LogP contribution in [0.15, 0.2) is 48.5 Å². The Morgan fingerprint density at radius 2 is 1.77 bits per heavy atom. The zero-order chi connectivity index (χ0) is 18.5. The molecule has 5 nitrogen and oxygen atoms in total. The second kappa shape index (κ2) is 7.66. The third-order valence-corrected chi connectivity index (χ3v) is 4.15. The smallest absolute Gasteiger partial charge is 0.338 e. The van der Waals surface area contributed by atoms with E-state index in [1.807, 2.05) is 30.3 Å². The van der Waals surface area contributed by atoms with Crippen LogP contribution in [-0.4, -0.2) is 35.8 Å². The molecule has 0 aromatic heterocycles. The van der Waals surface area contributed by atoms with E-state index in [0.29, 0.717) is 18.4 Å². The minimum atomic E-state index is -0.564. The van der Waals surface area contributed by atoms with E-state index in [1.165, 1.54) is 23.1 Å². The van der Waals surface area contributed by atoms with Crippen LogP contribution in [0.4, 0.5) is 0 Å². The van der Waals surface area contributed by atoms with Crippen LogP contribution in [0.25, 0.3) is 0 Å². The second-order valence-electron chi connectivity index (χ2n) is 5.85. The summed E-state index contributed by atoms with van der Waals surface area (Å²) in [5, 5.41) is 0. The van der Waals surface area contributed by atoms with E-state index in [0.717, 1.165) is 5.56 Å². The van der Waals surface area contributed by atoms with Gasteiger partial charge in [-0.15, -0.1) is 12.3 Å². The molecule has 2 amide bonds. The van der Waals surface area contributed by atoms with Crippen molar-refractivity contribution in [3.8, 4) is 12.3 Å². The van der Waals surface area contributed by atoms with Gasteiger partial charge >= 0.3 is 5.97 Å². The summed E-state index contributed by atoms with van der Waals surface area (Å²) in [6.07, 6.45) is 6.01. The fourth-order valence-corrected chi connectivity index (χ4v) is 2.79. The average molecular weight is 347 g/mol. The summed E-state index contributed by atoms with van der Waals surface area (Å²) < 4.78 is 5.03. The molecule has 0 fully saturated rings. The Morgan fingerprint density at radius 1 is 1.04 bits per heavy atom. The summed E-state index contributed by atoms with van der Waals surface area (Å²) in [5.74, 6) is 1.09. The van der Waals surface area contributed by atoms with Gasteiger partial charge in [0.2, 0.25) is 0 Å². The quantitative estimate of drug-likeness (QED) is 0.349. The van der Waals surface area contributed by atoms with E-state index in [4.69, 9.17) is 11.2 Å². The Hall–Kier alpha value is -3.39. The Bertz CT molecular complexity index is 896. The summed E-state index contributed by atoms with van der Waals surface area (Å²) in [6.45, 7) is 0.404. The first-order valence-electron chi connectivity index (χ1n) is 8.26. The zero-order valence-electron chi connectivity index (χ0n) is 14.1. The van der Waals surface area contributed by atoms with E-state index in [9.17, 15) is 14.4 Å². The van der Waals surface area contributed by atoms with Crippen molar-refractivity contribution in [3.63, 3.8) is 0 Å². The molecule has 0 atom stereocenters. The van der Waals surface area contributed by atoms with Crippen LogP contribution in [-0.2, 0) is 11.2 Å². The van der Waals surface area contributed by atoms with Crippen molar-refractivity contribution in [2.24, 2.45) is 0 Å². The molecule has 1 aliphatic heterocycles. The van der Waals surface area contributed by atoms with Crippen molar-refractivity contribution in [2.75, 3.05) is 13.2 Å². The van der Waals surface area contributed by atoms with E-state index in [2.05, 4.69) is 5.92 Å². The monoisotopic (exact) mass is 347 g/mol. The number of carbonyl (C=O) groups is 3. The number of ether oxygens (including phenoxy) is 1. The summed E-state index contributed by atoms with van der Waals surface area (Å²) in [6, 6.07) is 14.0. The van der Waals surface area contributed by atoms with Crippen LogP contribution < -0.4 is 0 Å². The Kier molecular flexibility index (Phi) is 5.14. The number of amides is 2. The molecule has 0 N–H and O–H groups in total. The number of benzene rings is 2. The molecule has 0 aliphatic carbocycles. The van der Waals surface area contributed by atoms with Crippen molar-refractivity contribution < 1.29 is 19.1 Å². The van der Waals surface area contributed by atoms with Gasteiger partial charge in [-0.3, -0.25) is 14.5 Å². The van der Waals surface area contributed by atoms with Crippen LogP contribution >= 0.6 is 0 Å². The molecular weight excluding hydrogens is 330 g/mol. The number of carbonyl (C=O) groups excluding carboxylic acids is 3. The van der Waals surface area contributed by atoms with Crippen molar-refractivity contribution in [3.05, 3.63) is 70.8 Å². The van der Waals surface area contributed by atoms with Crippen LogP contribution in [0.2, 0.25) is 0 Å². The van der Waals surface area contributed by atoms with Gasteiger partial charge in [0, 0.05) is 13.0 Å². The average Bonchev–Trinajstić information content (AvgIpc) is 2.91. The summed E-state index contributed by atoms with van der Waals surface area (Å²) in [4.78, 5) is 38.3. The lowest BCUT2D eigenvalue weighted by Gasteiger charge is -2.13. The standard InChI is InChI=1S/C21H17NO4/c1-2-3-13-26-21(25)16-9-10-17-18(14-16)20(24)22(19(17)23)12-11-15-7-5-4-6-8-15/h1,4-10,14H,3,11-13H2. The van der Waals surface area contributed by atoms with E-state index in [1.54, 1.807) is 0 Å². The van der Waals surface area contributed by atoms with Gasteiger partial charge < -0.3 is 4.74 Å². The molecule has 5 heteroatoms. The number of esters is 1. The molecule has 0 spiro atoms. The van der Waals surface area contributed by atoms with Crippen molar-refractivity contribution in [2.45, 2.75) is 12.8 Å². The molecule has 0 bridgehead atoms. The van der Waals surface area contributed by atoms with Gasteiger partial charge in [-0.25, -0.2) is 4.79 Å². The summed E-state index contributed by atoms with van der Waals surface area (Å²) in [7, 11) is 0. The Labute approximate surface area is 151 Å². The molecule has 0 radical (unpaired) electrons. The molecule has 2 aromatic rings. The van der Waals surface area contributed by atoms with Crippen LogP contribution in [0.3, 0.4) is 0 Å². The van der Waals surface area contributed by atoms with E-state index >= 15 is 0 Å². The largest absolute Gasteiger partial charge is 0.461 e. The molecule has 130 valence electrons. The SMILES string of the molecule is C#CCCOC(=O)c1ccc2c(c1)C(=O)N(CCc1ccccc1)C2=O. The number of hydrogen-bond acceptors (Lipinski definition) is 4. The first-order valence-corrected chi connectivity index (χ1v) is 8.26. The van der Waals surface area contributed by atoms with E-state index in [-0.39, 0.29) is 36.1 Å². The number of nitrogens with zero attached hydrogens (tertiary/aromatic N) is 1. The highest BCUT2D eigenvalue weighted by Gasteiger charge is 2.35. The van der Waals surface area contributed by atoms with Gasteiger partial charge in [0.25, 0.3) is 11.8 Å². The second-order valence-corrected chi connectivity index (χ2v) is 5.85. The van der Waals surface area contributed by atoms with E-state index < -0.39 is 5.97 Å². The maximum atomic E-state index is 12.6. The van der Waals surface area contributed by atoms with Crippen LogP contribution in [0.5, 0.6) is 0 Å². The fraction of sp³-hybridized carbons (Fsp3) is 0.190. The molecule has 1 heterocycles. The Morgan fingerprint density at radius 3 is 2.50 bits per heavy atom. The normalized spacial score (nSPS) is 12.7. The highest BCUT2D eigenvalue weighted by atomic mass is 16.5. The third-order valence-electron chi connectivity index (χ3n) is 4.15. The van der Waals surface area contributed by atoms with Crippen molar-refractivity contribution >= 4 is 17.8 Å². The molecule has 0 unspecified atom stereocenters. The van der Waals surface area contributed by atoms with Crippen LogP contribution in [0.1, 0.15) is 43.1 Å². The van der Waals surface area contributed by atoms with Gasteiger partial charge in [0.1, 0.15) is 6.61 Å². The molecule has 0 saturated carbocycles. The predicted molar refractivity (Wildman–Crippen MR) is 95.7 cm³/mol. The first kappa shape index (κ1) is 17.4. The maximum Gasteiger partial charge on any atom is 0.338 e. The summed E-state index contributed by atoms with van der Waals surface area (Å²) >= 11 is 0. The highest BCUT2D eigenvalue weighted by molar-refractivity contribution is 6.21. The minimum absolute atomic E-state index is 0.114. The molecule has 2 aromatic carbocycles. The van der Waals surface area contributed by atoms with Gasteiger partial charge in [0.15, 0.2) is 0 Å². The van der Waals surface area contributed by atoms with Gasteiger partial charge in [-0.1, -0.05) is 30.3 Å². The fourth-order valence-electron chi connectivity index (χ4n) is 2.79. The molecule has 3 rings (SSSR count). The molecular formula is C21H17NO4. The van der Waals surface area contributed by atoms with Gasteiger partial charge in [0.05, 0.1) is 16.7 Å². The summed E-state index contributed by atoms with van der Waals surface area (Å²) in [5.41, 5.74) is 1.81. The third kappa shape index (κ3) is 3.50. The molecule has 26 heavy (non-hydrogen) atoms. The van der Waals surface area contributed by atoms with Gasteiger partial charge in [-0.05, 0) is 30.2 Å². The molecule has 0 saturated heterocycles. The number of imide groups is 1. The topological polar surface area (TPSA) is 63.7 Å². The van der Waals surface area contributed by atoms with Crippen LogP contribution in [0, 0.1) is 12.3 Å². The number of rotatable bonds is 6. The lowest BCUT2D eigenvalue weighted by molar-refractivity contribution is 0.0513. The van der Waals surface area contributed by atoms with Crippen molar-refractivity contribution in [1.82, 2.24) is 4.90 Å². The zero-order valence-corrected chi connectivity index (χ0v) is 14.1. The Balaban J connectivity index is 1.73. The number of terminal acetylenes is 1. The minimum Gasteiger partial charge on any atom is -0.461 e. The number of hydrogen-bond donors (Lipinski definition) is 0. The lowest BCUT2D eigenvalue weighted by atomic mass is 10.1.